The Morgan fingerprint density at radius 3 is 2.16 bits per heavy atom. The molecule has 152 valence electrons. The molecule has 5 aromatic rings. The third-order valence-corrected chi connectivity index (χ3v) is 5.86. The van der Waals surface area contributed by atoms with E-state index in [-0.39, 0.29) is 0 Å². The molecule has 0 spiro atoms. The van der Waals surface area contributed by atoms with Gasteiger partial charge in [0.25, 0.3) is 0 Å². The maximum absolute atomic E-state index is 4.96. The molecular formula is C28H25N3. The number of pyridine rings is 1. The zero-order valence-electron chi connectivity index (χ0n) is 18.3. The highest BCUT2D eigenvalue weighted by Crippen LogP contribution is 2.35. The predicted molar refractivity (Wildman–Crippen MR) is 129 cm³/mol. The van der Waals surface area contributed by atoms with E-state index in [4.69, 9.17) is 4.98 Å². The molecule has 1 N–H and O–H groups in total. The third kappa shape index (κ3) is 3.53. The Hall–Kier alpha value is -3.72. The Balaban J connectivity index is 1.77. The summed E-state index contributed by atoms with van der Waals surface area (Å²) in [7, 11) is 0. The van der Waals surface area contributed by atoms with Crippen LogP contribution < -0.4 is 0 Å². The van der Waals surface area contributed by atoms with Gasteiger partial charge in [0.15, 0.2) is 0 Å². The normalized spacial score (nSPS) is 11.2. The molecule has 0 amide bonds. The molecule has 0 atom stereocenters. The fourth-order valence-corrected chi connectivity index (χ4v) is 4.47. The lowest BCUT2D eigenvalue weighted by molar-refractivity contribution is 1.30. The predicted octanol–water partition coefficient (Wildman–Crippen LogP) is 7.19. The van der Waals surface area contributed by atoms with Crippen molar-refractivity contribution < 1.29 is 0 Å². The van der Waals surface area contributed by atoms with E-state index in [0.717, 1.165) is 33.7 Å². The Kier molecular flexibility index (Phi) is 4.67. The third-order valence-electron chi connectivity index (χ3n) is 5.86. The van der Waals surface area contributed by atoms with Crippen LogP contribution in [0.2, 0.25) is 0 Å². The number of hydrogen-bond donors (Lipinski definition) is 1. The average Bonchev–Trinajstić information content (AvgIpc) is 3.19. The molecule has 3 nitrogen and oxygen atoms in total. The number of nitrogens with one attached hydrogen (secondary N) is 1. The van der Waals surface area contributed by atoms with Crippen molar-refractivity contribution >= 4 is 11.0 Å². The molecule has 0 aliphatic carbocycles. The van der Waals surface area contributed by atoms with E-state index in [2.05, 4.69) is 92.3 Å². The first kappa shape index (κ1) is 19.3. The summed E-state index contributed by atoms with van der Waals surface area (Å²) >= 11 is 0. The minimum absolute atomic E-state index is 0.883. The second-order valence-corrected chi connectivity index (χ2v) is 8.34. The number of H-pyrrole nitrogens is 1. The summed E-state index contributed by atoms with van der Waals surface area (Å²) in [6.07, 6.45) is 1.84. The Morgan fingerprint density at radius 2 is 1.42 bits per heavy atom. The van der Waals surface area contributed by atoms with Crippen LogP contribution in [0, 0.1) is 27.7 Å². The fourth-order valence-electron chi connectivity index (χ4n) is 4.47. The first-order valence-electron chi connectivity index (χ1n) is 10.6. The van der Waals surface area contributed by atoms with Crippen LogP contribution in [0.25, 0.3) is 44.8 Å². The van der Waals surface area contributed by atoms with E-state index in [0.29, 0.717) is 0 Å². The van der Waals surface area contributed by atoms with E-state index < -0.39 is 0 Å². The van der Waals surface area contributed by atoms with Gasteiger partial charge in [-0.1, -0.05) is 30.3 Å². The smallest absolute Gasteiger partial charge is 0.138 e. The summed E-state index contributed by atoms with van der Waals surface area (Å²) in [5, 5.41) is 0. The molecule has 0 fully saturated rings. The van der Waals surface area contributed by atoms with Crippen molar-refractivity contribution in [3.63, 3.8) is 0 Å². The molecule has 0 saturated heterocycles. The van der Waals surface area contributed by atoms with Crippen LogP contribution in [0.15, 0.2) is 72.9 Å². The molecule has 2 heterocycles. The standard InChI is InChI=1S/C28H25N3/c1-17-12-20(4)27-25(13-17)30-28(31-27)23-15-21(24-10-5-6-11-29-24)14-22(16-23)26-18(2)8-7-9-19(26)3/h5-16H,1-4H3,(H,30,31). The number of benzene rings is 3. The van der Waals surface area contributed by atoms with Crippen LogP contribution in [-0.4, -0.2) is 15.0 Å². The lowest BCUT2D eigenvalue weighted by Gasteiger charge is -2.13. The average molecular weight is 404 g/mol. The van der Waals surface area contributed by atoms with Crippen molar-refractivity contribution in [3.8, 4) is 33.8 Å². The summed E-state index contributed by atoms with van der Waals surface area (Å²) in [4.78, 5) is 13.1. The lowest BCUT2D eigenvalue weighted by Crippen LogP contribution is -1.92. The van der Waals surface area contributed by atoms with Crippen molar-refractivity contribution in [1.82, 2.24) is 15.0 Å². The van der Waals surface area contributed by atoms with Crippen LogP contribution in [-0.2, 0) is 0 Å². The highest BCUT2D eigenvalue weighted by atomic mass is 14.9. The second kappa shape index (κ2) is 7.51. The van der Waals surface area contributed by atoms with Gasteiger partial charge in [0, 0.05) is 17.3 Å². The van der Waals surface area contributed by atoms with Crippen molar-refractivity contribution in [2.24, 2.45) is 0 Å². The van der Waals surface area contributed by atoms with Gasteiger partial charge in [-0.05, 0) is 97.5 Å². The summed E-state index contributed by atoms with van der Waals surface area (Å²) in [6, 6.07) is 23.5. The minimum Gasteiger partial charge on any atom is -0.338 e. The zero-order valence-corrected chi connectivity index (χ0v) is 18.3. The van der Waals surface area contributed by atoms with Gasteiger partial charge in [0.2, 0.25) is 0 Å². The molecule has 0 saturated carbocycles. The molecule has 5 rings (SSSR count). The van der Waals surface area contributed by atoms with Gasteiger partial charge >= 0.3 is 0 Å². The maximum Gasteiger partial charge on any atom is 0.138 e. The number of nitrogens with zero attached hydrogens (tertiary/aromatic N) is 2. The van der Waals surface area contributed by atoms with E-state index in [9.17, 15) is 0 Å². The number of imidazole rings is 1. The maximum atomic E-state index is 4.96. The first-order valence-corrected chi connectivity index (χ1v) is 10.6. The van der Waals surface area contributed by atoms with Crippen molar-refractivity contribution in [1.29, 1.82) is 0 Å². The highest BCUT2D eigenvalue weighted by molar-refractivity contribution is 5.86. The second-order valence-electron chi connectivity index (χ2n) is 8.34. The molecule has 0 unspecified atom stereocenters. The first-order chi connectivity index (χ1) is 15.0. The van der Waals surface area contributed by atoms with E-state index in [1.165, 1.54) is 33.4 Å². The monoisotopic (exact) mass is 403 g/mol. The van der Waals surface area contributed by atoms with Crippen LogP contribution in [0.4, 0.5) is 0 Å². The number of hydrogen-bond acceptors (Lipinski definition) is 2. The van der Waals surface area contributed by atoms with Gasteiger partial charge in [-0.15, -0.1) is 0 Å². The SMILES string of the molecule is Cc1cc(C)c2nc(-c3cc(-c4ccccn4)cc(-c4c(C)cccc4C)c3)[nH]c2c1. The molecule has 0 aliphatic heterocycles. The van der Waals surface area contributed by atoms with Crippen LogP contribution >= 0.6 is 0 Å². The number of fused-ring (bicyclic) bond motifs is 1. The number of aromatic amines is 1. The Morgan fingerprint density at radius 1 is 0.677 bits per heavy atom. The molecule has 3 aromatic carbocycles. The van der Waals surface area contributed by atoms with E-state index in [1.807, 2.05) is 18.3 Å². The van der Waals surface area contributed by atoms with Gasteiger partial charge in [0.05, 0.1) is 16.7 Å². The van der Waals surface area contributed by atoms with Gasteiger partial charge < -0.3 is 4.98 Å². The van der Waals surface area contributed by atoms with Gasteiger partial charge in [-0.25, -0.2) is 4.98 Å². The van der Waals surface area contributed by atoms with Crippen molar-refractivity contribution in [2.75, 3.05) is 0 Å². The molecule has 2 aromatic heterocycles. The number of aryl methyl sites for hydroxylation is 4. The zero-order chi connectivity index (χ0) is 21.5. The van der Waals surface area contributed by atoms with Gasteiger partial charge in [-0.3, -0.25) is 4.98 Å². The number of aromatic nitrogens is 3. The summed E-state index contributed by atoms with van der Waals surface area (Å²) in [5.41, 5.74) is 12.6. The topological polar surface area (TPSA) is 41.6 Å². The number of rotatable bonds is 3. The summed E-state index contributed by atoms with van der Waals surface area (Å²) in [5.74, 6) is 0.883. The van der Waals surface area contributed by atoms with Gasteiger partial charge in [0.1, 0.15) is 5.82 Å². The van der Waals surface area contributed by atoms with Crippen molar-refractivity contribution in [3.05, 3.63) is 95.2 Å². The molecule has 0 bridgehead atoms. The lowest BCUT2D eigenvalue weighted by atomic mass is 9.92. The molecule has 0 aliphatic rings. The Labute approximate surface area is 182 Å². The van der Waals surface area contributed by atoms with E-state index in [1.54, 1.807) is 0 Å². The van der Waals surface area contributed by atoms with Gasteiger partial charge in [-0.2, -0.15) is 0 Å². The highest BCUT2D eigenvalue weighted by Gasteiger charge is 2.14. The Bertz CT molecular complexity index is 1390. The van der Waals surface area contributed by atoms with Crippen LogP contribution in [0.5, 0.6) is 0 Å². The molecule has 31 heavy (non-hydrogen) atoms. The molecule has 3 heteroatoms. The fraction of sp³-hybridized carbons (Fsp3) is 0.143. The largest absolute Gasteiger partial charge is 0.338 e. The van der Waals surface area contributed by atoms with E-state index >= 15 is 0 Å². The quantitative estimate of drug-likeness (QED) is 0.346. The minimum atomic E-state index is 0.883. The molecule has 0 radical (unpaired) electrons. The van der Waals surface area contributed by atoms with Crippen molar-refractivity contribution in [2.45, 2.75) is 27.7 Å². The summed E-state index contributed by atoms with van der Waals surface area (Å²) in [6.45, 7) is 8.58. The molecular weight excluding hydrogens is 378 g/mol. The van der Waals surface area contributed by atoms with Crippen LogP contribution in [0.1, 0.15) is 22.3 Å². The summed E-state index contributed by atoms with van der Waals surface area (Å²) < 4.78 is 0. The van der Waals surface area contributed by atoms with Crippen LogP contribution in [0.3, 0.4) is 0 Å².